The third-order valence-electron chi connectivity index (χ3n) is 3.02. The molecular formula is C15H14ClFO2. The Balaban J connectivity index is 2.49. The van der Waals surface area contributed by atoms with Gasteiger partial charge in [-0.05, 0) is 36.2 Å². The third-order valence-corrected chi connectivity index (χ3v) is 3.35. The van der Waals surface area contributed by atoms with Crippen LogP contribution in [0.1, 0.15) is 22.8 Å². The van der Waals surface area contributed by atoms with Crippen LogP contribution in [0.5, 0.6) is 5.75 Å². The fourth-order valence-corrected chi connectivity index (χ4v) is 2.18. The molecule has 1 atom stereocenters. The van der Waals surface area contributed by atoms with E-state index in [4.69, 9.17) is 16.3 Å². The van der Waals surface area contributed by atoms with Crippen LogP contribution in [0.25, 0.3) is 0 Å². The molecule has 0 saturated heterocycles. The van der Waals surface area contributed by atoms with Gasteiger partial charge in [0.2, 0.25) is 0 Å². The highest BCUT2D eigenvalue weighted by Crippen LogP contribution is 2.35. The molecule has 0 heterocycles. The molecule has 1 N–H and O–H groups in total. The van der Waals surface area contributed by atoms with Gasteiger partial charge in [-0.15, -0.1) is 0 Å². The van der Waals surface area contributed by atoms with E-state index in [1.54, 1.807) is 37.3 Å². The predicted molar refractivity (Wildman–Crippen MR) is 73.2 cm³/mol. The molecule has 2 aromatic carbocycles. The number of aliphatic hydroxyl groups is 1. The van der Waals surface area contributed by atoms with Gasteiger partial charge in [0.1, 0.15) is 17.7 Å². The van der Waals surface area contributed by atoms with Gasteiger partial charge in [-0.1, -0.05) is 29.8 Å². The lowest BCUT2D eigenvalue weighted by Gasteiger charge is -2.17. The van der Waals surface area contributed by atoms with Crippen LogP contribution in [0.3, 0.4) is 0 Å². The van der Waals surface area contributed by atoms with Gasteiger partial charge in [-0.25, -0.2) is 4.39 Å². The molecule has 2 nitrogen and oxygen atoms in total. The third kappa shape index (κ3) is 2.72. The SMILES string of the molecule is COc1cccc(Cl)c1C(O)c1ccc(C)c(F)c1. The lowest BCUT2D eigenvalue weighted by Crippen LogP contribution is -2.04. The van der Waals surface area contributed by atoms with E-state index in [0.717, 1.165) is 0 Å². The number of hydrogen-bond acceptors (Lipinski definition) is 2. The Morgan fingerprint density at radius 2 is 2.00 bits per heavy atom. The van der Waals surface area contributed by atoms with Gasteiger partial charge in [-0.2, -0.15) is 0 Å². The van der Waals surface area contributed by atoms with Crippen LogP contribution in [0.2, 0.25) is 5.02 Å². The van der Waals surface area contributed by atoms with Crippen molar-refractivity contribution < 1.29 is 14.2 Å². The topological polar surface area (TPSA) is 29.5 Å². The van der Waals surface area contributed by atoms with E-state index in [-0.39, 0.29) is 5.82 Å². The van der Waals surface area contributed by atoms with Gasteiger partial charge >= 0.3 is 0 Å². The molecule has 0 amide bonds. The highest BCUT2D eigenvalue weighted by molar-refractivity contribution is 6.31. The van der Waals surface area contributed by atoms with Gasteiger partial charge < -0.3 is 9.84 Å². The zero-order valence-corrected chi connectivity index (χ0v) is 11.4. The zero-order chi connectivity index (χ0) is 14.0. The molecule has 0 aliphatic carbocycles. The number of hydrogen-bond donors (Lipinski definition) is 1. The standard InChI is InChI=1S/C15H14ClFO2/c1-9-6-7-10(8-12(9)17)15(18)14-11(16)4-3-5-13(14)19-2/h3-8,15,18H,1-2H3. The first-order valence-electron chi connectivity index (χ1n) is 5.81. The molecular weight excluding hydrogens is 267 g/mol. The number of benzene rings is 2. The Bertz CT molecular complexity index is 599. The van der Waals surface area contributed by atoms with E-state index < -0.39 is 6.10 Å². The van der Waals surface area contributed by atoms with Gasteiger partial charge in [-0.3, -0.25) is 0 Å². The molecule has 100 valence electrons. The highest BCUT2D eigenvalue weighted by Gasteiger charge is 2.19. The van der Waals surface area contributed by atoms with E-state index >= 15 is 0 Å². The van der Waals surface area contributed by atoms with E-state index in [9.17, 15) is 9.50 Å². The van der Waals surface area contributed by atoms with Crippen molar-refractivity contribution in [2.45, 2.75) is 13.0 Å². The molecule has 0 radical (unpaired) electrons. The average Bonchev–Trinajstić information content (AvgIpc) is 2.40. The highest BCUT2D eigenvalue weighted by atomic mass is 35.5. The molecule has 0 bridgehead atoms. The van der Waals surface area contributed by atoms with Crippen LogP contribution in [0, 0.1) is 12.7 Å². The van der Waals surface area contributed by atoms with E-state index in [1.807, 2.05) is 0 Å². The minimum atomic E-state index is -1.03. The van der Waals surface area contributed by atoms with Crippen molar-refractivity contribution in [2.75, 3.05) is 7.11 Å². The zero-order valence-electron chi connectivity index (χ0n) is 10.7. The molecule has 0 aromatic heterocycles. The van der Waals surface area contributed by atoms with Crippen LogP contribution in [-0.2, 0) is 0 Å². The largest absolute Gasteiger partial charge is 0.496 e. The number of ether oxygens (including phenoxy) is 1. The Kier molecular flexibility index (Phi) is 4.08. The van der Waals surface area contributed by atoms with Crippen molar-refractivity contribution in [3.8, 4) is 5.75 Å². The summed E-state index contributed by atoms with van der Waals surface area (Å²) in [6.45, 7) is 1.67. The summed E-state index contributed by atoms with van der Waals surface area (Å²) in [5, 5.41) is 10.8. The van der Waals surface area contributed by atoms with Crippen molar-refractivity contribution in [2.24, 2.45) is 0 Å². The second-order valence-corrected chi connectivity index (χ2v) is 4.67. The van der Waals surface area contributed by atoms with Gasteiger partial charge in [0.05, 0.1) is 12.1 Å². The number of rotatable bonds is 3. The fourth-order valence-electron chi connectivity index (χ4n) is 1.91. The molecule has 1 unspecified atom stereocenters. The molecule has 0 aliphatic heterocycles. The minimum absolute atomic E-state index is 0.359. The van der Waals surface area contributed by atoms with Crippen LogP contribution in [-0.4, -0.2) is 12.2 Å². The molecule has 4 heteroatoms. The van der Waals surface area contributed by atoms with Crippen molar-refractivity contribution in [1.29, 1.82) is 0 Å². The van der Waals surface area contributed by atoms with Crippen molar-refractivity contribution >= 4 is 11.6 Å². The predicted octanol–water partition coefficient (Wildman–Crippen LogP) is 3.88. The minimum Gasteiger partial charge on any atom is -0.496 e. The fraction of sp³-hybridized carbons (Fsp3) is 0.200. The maximum Gasteiger partial charge on any atom is 0.126 e. The summed E-state index contributed by atoms with van der Waals surface area (Å²) in [6, 6.07) is 9.70. The normalized spacial score (nSPS) is 12.3. The van der Waals surface area contributed by atoms with Crippen molar-refractivity contribution in [3.05, 3.63) is 63.9 Å². The van der Waals surface area contributed by atoms with Crippen LogP contribution in [0.15, 0.2) is 36.4 Å². The molecule has 0 spiro atoms. The number of aryl methyl sites for hydroxylation is 1. The summed E-state index contributed by atoms with van der Waals surface area (Å²) in [4.78, 5) is 0. The molecule has 2 rings (SSSR count). The van der Waals surface area contributed by atoms with Gasteiger partial charge in [0, 0.05) is 5.56 Å². The van der Waals surface area contributed by atoms with Crippen LogP contribution < -0.4 is 4.74 Å². The Hall–Kier alpha value is -1.58. The van der Waals surface area contributed by atoms with Crippen LogP contribution >= 0.6 is 11.6 Å². The van der Waals surface area contributed by atoms with E-state index in [2.05, 4.69) is 0 Å². The second kappa shape index (κ2) is 5.59. The first-order chi connectivity index (χ1) is 9.04. The summed E-state index contributed by atoms with van der Waals surface area (Å²) < 4.78 is 18.7. The quantitative estimate of drug-likeness (QED) is 0.924. The van der Waals surface area contributed by atoms with Crippen LogP contribution in [0.4, 0.5) is 4.39 Å². The number of aliphatic hydroxyl groups excluding tert-OH is 1. The lowest BCUT2D eigenvalue weighted by atomic mass is 9.99. The van der Waals surface area contributed by atoms with Crippen molar-refractivity contribution in [3.63, 3.8) is 0 Å². The Labute approximate surface area is 116 Å². The summed E-state index contributed by atoms with van der Waals surface area (Å²) in [5.41, 5.74) is 1.41. The monoisotopic (exact) mass is 280 g/mol. The first kappa shape index (κ1) is 13.8. The number of methoxy groups -OCH3 is 1. The Morgan fingerprint density at radius 1 is 1.26 bits per heavy atom. The van der Waals surface area contributed by atoms with Gasteiger partial charge in [0.25, 0.3) is 0 Å². The summed E-state index contributed by atoms with van der Waals surface area (Å²) in [6.07, 6.45) is -1.03. The summed E-state index contributed by atoms with van der Waals surface area (Å²) in [7, 11) is 1.50. The smallest absolute Gasteiger partial charge is 0.126 e. The lowest BCUT2D eigenvalue weighted by molar-refractivity contribution is 0.214. The maximum absolute atomic E-state index is 13.6. The Morgan fingerprint density at radius 3 is 2.63 bits per heavy atom. The average molecular weight is 281 g/mol. The summed E-state index contributed by atoms with van der Waals surface area (Å²) in [5.74, 6) is 0.114. The molecule has 0 saturated carbocycles. The molecule has 0 fully saturated rings. The summed E-state index contributed by atoms with van der Waals surface area (Å²) >= 11 is 6.09. The molecule has 2 aromatic rings. The van der Waals surface area contributed by atoms with Gasteiger partial charge in [0.15, 0.2) is 0 Å². The van der Waals surface area contributed by atoms with E-state index in [0.29, 0.717) is 27.5 Å². The number of halogens is 2. The molecule has 19 heavy (non-hydrogen) atoms. The van der Waals surface area contributed by atoms with Crippen molar-refractivity contribution in [1.82, 2.24) is 0 Å². The maximum atomic E-state index is 13.6. The second-order valence-electron chi connectivity index (χ2n) is 4.27. The van der Waals surface area contributed by atoms with E-state index in [1.165, 1.54) is 13.2 Å². The molecule has 0 aliphatic rings. The first-order valence-corrected chi connectivity index (χ1v) is 6.19.